The number of nitriles is 1. The molecule has 2 aromatic heterocycles. The number of nitrogens with zero attached hydrogens (tertiary/aromatic N) is 5. The van der Waals surface area contributed by atoms with Crippen LogP contribution in [0.25, 0.3) is 16.9 Å². The Labute approximate surface area is 182 Å². The van der Waals surface area contributed by atoms with Crippen LogP contribution in [0.1, 0.15) is 32.0 Å². The molecule has 31 heavy (non-hydrogen) atoms. The number of benzene rings is 1. The molecule has 0 bridgehead atoms. The zero-order valence-electron chi connectivity index (χ0n) is 18.2. The molecule has 1 aliphatic heterocycles. The maximum Gasteiger partial charge on any atom is 0.410 e. The summed E-state index contributed by atoms with van der Waals surface area (Å²) in [6, 6.07) is 15.7. The summed E-state index contributed by atoms with van der Waals surface area (Å²) in [5, 5.41) is 9.09. The Bertz CT molecular complexity index is 1110. The smallest absolute Gasteiger partial charge is 0.410 e. The normalized spacial score (nSPS) is 15.1. The fourth-order valence-corrected chi connectivity index (χ4v) is 3.76. The summed E-state index contributed by atoms with van der Waals surface area (Å²) < 4.78 is 7.62. The second-order valence-corrected chi connectivity index (χ2v) is 8.77. The molecule has 0 radical (unpaired) electrons. The van der Waals surface area contributed by atoms with E-state index in [0.29, 0.717) is 18.7 Å². The number of hydrogen-bond acceptors (Lipinski definition) is 5. The van der Waals surface area contributed by atoms with E-state index in [4.69, 9.17) is 15.0 Å². The summed E-state index contributed by atoms with van der Waals surface area (Å²) in [7, 11) is 0. The highest BCUT2D eigenvalue weighted by Gasteiger charge is 2.27. The highest BCUT2D eigenvalue weighted by Crippen LogP contribution is 2.26. The van der Waals surface area contributed by atoms with Crippen molar-refractivity contribution in [2.24, 2.45) is 0 Å². The summed E-state index contributed by atoms with van der Waals surface area (Å²) in [5.74, 6) is 0. The van der Waals surface area contributed by atoms with Crippen LogP contribution in [-0.2, 0) is 11.3 Å². The maximum atomic E-state index is 12.4. The third-order valence-electron chi connectivity index (χ3n) is 5.31. The van der Waals surface area contributed by atoms with E-state index in [1.807, 2.05) is 69.4 Å². The summed E-state index contributed by atoms with van der Waals surface area (Å²) in [4.78, 5) is 21.3. The minimum Gasteiger partial charge on any atom is -0.444 e. The molecule has 1 fully saturated rings. The molecule has 7 heteroatoms. The van der Waals surface area contributed by atoms with Crippen LogP contribution < -0.4 is 0 Å². The van der Waals surface area contributed by atoms with Gasteiger partial charge in [0.15, 0.2) is 0 Å². The predicted octanol–water partition coefficient (Wildman–Crippen LogP) is 3.93. The van der Waals surface area contributed by atoms with Crippen LogP contribution in [0.3, 0.4) is 0 Å². The molecule has 4 rings (SSSR count). The molecular formula is C24H27N5O2. The van der Waals surface area contributed by atoms with E-state index < -0.39 is 5.60 Å². The fraction of sp³-hybridized carbons (Fsp3) is 0.375. The second kappa shape index (κ2) is 8.40. The molecule has 1 aromatic carbocycles. The zero-order valence-corrected chi connectivity index (χ0v) is 18.2. The minimum atomic E-state index is -0.485. The van der Waals surface area contributed by atoms with E-state index in [2.05, 4.69) is 15.4 Å². The lowest BCUT2D eigenvalue weighted by Gasteiger charge is -2.35. The number of aromatic nitrogens is 2. The van der Waals surface area contributed by atoms with Crippen molar-refractivity contribution in [3.05, 3.63) is 59.9 Å². The molecular weight excluding hydrogens is 390 g/mol. The van der Waals surface area contributed by atoms with Crippen LogP contribution in [-0.4, -0.2) is 57.1 Å². The van der Waals surface area contributed by atoms with Crippen LogP contribution in [0.15, 0.2) is 48.7 Å². The minimum absolute atomic E-state index is 0.250. The van der Waals surface area contributed by atoms with Gasteiger partial charge in [0.25, 0.3) is 0 Å². The summed E-state index contributed by atoms with van der Waals surface area (Å²) in [6.07, 6.45) is 1.78. The van der Waals surface area contributed by atoms with Gasteiger partial charge < -0.3 is 14.0 Å². The number of piperazine rings is 1. The van der Waals surface area contributed by atoms with E-state index in [1.165, 1.54) is 0 Å². The number of carbonyl (C=O) groups excluding carboxylic acids is 1. The molecule has 0 unspecified atom stereocenters. The van der Waals surface area contributed by atoms with E-state index in [1.54, 1.807) is 4.90 Å². The highest BCUT2D eigenvalue weighted by molar-refractivity contribution is 5.68. The first-order valence-electron chi connectivity index (χ1n) is 10.5. The van der Waals surface area contributed by atoms with Gasteiger partial charge in [0.05, 0.1) is 23.0 Å². The molecule has 0 spiro atoms. The molecule has 1 amide bonds. The number of hydrogen-bond donors (Lipinski definition) is 0. The van der Waals surface area contributed by atoms with Crippen molar-refractivity contribution in [3.8, 4) is 17.3 Å². The molecule has 0 atom stereocenters. The first-order valence-corrected chi connectivity index (χ1v) is 10.5. The number of imidazole rings is 1. The lowest BCUT2D eigenvalue weighted by atomic mass is 10.1. The Morgan fingerprint density at radius 1 is 1.10 bits per heavy atom. The lowest BCUT2D eigenvalue weighted by Crippen LogP contribution is -2.49. The maximum absolute atomic E-state index is 12.4. The van der Waals surface area contributed by atoms with Gasteiger partial charge in [-0.1, -0.05) is 18.2 Å². The zero-order chi connectivity index (χ0) is 22.0. The van der Waals surface area contributed by atoms with Gasteiger partial charge in [-0.25, -0.2) is 9.78 Å². The van der Waals surface area contributed by atoms with Crippen LogP contribution in [0.2, 0.25) is 0 Å². The van der Waals surface area contributed by atoms with Crippen molar-refractivity contribution in [2.75, 3.05) is 26.2 Å². The van der Waals surface area contributed by atoms with E-state index >= 15 is 0 Å². The van der Waals surface area contributed by atoms with Crippen LogP contribution in [0.4, 0.5) is 4.79 Å². The van der Waals surface area contributed by atoms with Gasteiger partial charge in [-0.15, -0.1) is 0 Å². The number of rotatable bonds is 3. The van der Waals surface area contributed by atoms with Crippen molar-refractivity contribution in [3.63, 3.8) is 0 Å². The van der Waals surface area contributed by atoms with Gasteiger partial charge in [-0.3, -0.25) is 4.90 Å². The number of fused-ring (bicyclic) bond motifs is 1. The molecule has 3 heterocycles. The molecule has 0 N–H and O–H groups in total. The monoisotopic (exact) mass is 417 g/mol. The van der Waals surface area contributed by atoms with Gasteiger partial charge in [-0.2, -0.15) is 5.26 Å². The number of pyridine rings is 1. The van der Waals surface area contributed by atoms with Crippen molar-refractivity contribution in [2.45, 2.75) is 32.9 Å². The Kier molecular flexibility index (Phi) is 5.66. The fourth-order valence-electron chi connectivity index (χ4n) is 3.76. The van der Waals surface area contributed by atoms with Crippen LogP contribution in [0.5, 0.6) is 0 Å². The van der Waals surface area contributed by atoms with Crippen molar-refractivity contribution >= 4 is 11.7 Å². The molecule has 7 nitrogen and oxygen atoms in total. The van der Waals surface area contributed by atoms with Gasteiger partial charge in [0.1, 0.15) is 11.2 Å². The van der Waals surface area contributed by atoms with Gasteiger partial charge in [-0.05, 0) is 45.0 Å². The molecule has 1 aliphatic rings. The lowest BCUT2D eigenvalue weighted by molar-refractivity contribution is 0.0138. The average Bonchev–Trinajstić information content (AvgIpc) is 3.11. The van der Waals surface area contributed by atoms with Crippen molar-refractivity contribution in [1.82, 2.24) is 19.2 Å². The number of ether oxygens (including phenoxy) is 1. The van der Waals surface area contributed by atoms with Crippen molar-refractivity contribution < 1.29 is 9.53 Å². The number of amides is 1. The first kappa shape index (κ1) is 20.9. The molecule has 160 valence electrons. The first-order chi connectivity index (χ1) is 14.8. The average molecular weight is 418 g/mol. The number of carbonyl (C=O) groups is 1. The topological polar surface area (TPSA) is 73.9 Å². The summed E-state index contributed by atoms with van der Waals surface area (Å²) in [6.45, 7) is 9.19. The third-order valence-corrected chi connectivity index (χ3v) is 5.31. The molecule has 0 aliphatic carbocycles. The van der Waals surface area contributed by atoms with Gasteiger partial charge >= 0.3 is 6.09 Å². The Morgan fingerprint density at radius 3 is 2.45 bits per heavy atom. The predicted molar refractivity (Wildman–Crippen MR) is 118 cm³/mol. The largest absolute Gasteiger partial charge is 0.444 e. The second-order valence-electron chi connectivity index (χ2n) is 8.77. The Hall–Kier alpha value is -3.37. The quantitative estimate of drug-likeness (QED) is 0.646. The van der Waals surface area contributed by atoms with E-state index in [0.717, 1.165) is 42.2 Å². The summed E-state index contributed by atoms with van der Waals surface area (Å²) in [5.41, 5.74) is 4.05. The van der Waals surface area contributed by atoms with Gasteiger partial charge in [0, 0.05) is 44.5 Å². The summed E-state index contributed by atoms with van der Waals surface area (Å²) >= 11 is 0. The highest BCUT2D eigenvalue weighted by atomic mass is 16.6. The Morgan fingerprint density at radius 2 is 1.81 bits per heavy atom. The van der Waals surface area contributed by atoms with Crippen molar-refractivity contribution in [1.29, 1.82) is 5.26 Å². The van der Waals surface area contributed by atoms with Gasteiger partial charge in [0.2, 0.25) is 0 Å². The Balaban J connectivity index is 1.53. The molecule has 1 saturated heterocycles. The molecule has 0 saturated carbocycles. The standard InChI is InChI=1S/C24H27N5O2/c1-24(2,3)31-23(30)28-14-12-27(13-15-28)17-20-22(19-9-7-18(16-25)8-10-19)26-21-6-4-5-11-29(20)21/h4-11H,12-15,17H2,1-3H3. The van der Waals surface area contributed by atoms with E-state index in [-0.39, 0.29) is 6.09 Å². The van der Waals surface area contributed by atoms with E-state index in [9.17, 15) is 4.79 Å². The molecule has 3 aromatic rings. The van der Waals surface area contributed by atoms with Crippen LogP contribution >= 0.6 is 0 Å². The third kappa shape index (κ3) is 4.70. The SMILES string of the molecule is CC(C)(C)OC(=O)N1CCN(Cc2c(-c3ccc(C#N)cc3)nc3ccccn23)CC1. The van der Waals surface area contributed by atoms with Crippen LogP contribution in [0, 0.1) is 11.3 Å².